The van der Waals surface area contributed by atoms with Gasteiger partial charge in [0.2, 0.25) is 0 Å². The molecule has 0 radical (unpaired) electrons. The molecule has 0 N–H and O–H groups in total. The molecule has 0 aliphatic carbocycles. The summed E-state index contributed by atoms with van der Waals surface area (Å²) in [5, 5.41) is 0. The van der Waals surface area contributed by atoms with E-state index in [1.54, 1.807) is 0 Å². The van der Waals surface area contributed by atoms with Crippen LogP contribution in [0.5, 0.6) is 0 Å². The number of alkyl halides is 2. The number of hydrogen-bond acceptors (Lipinski definition) is 1. The fourth-order valence-corrected chi connectivity index (χ4v) is 1.43. The maximum atomic E-state index is 11.6. The second kappa shape index (κ2) is 6.70. The highest BCUT2D eigenvalue weighted by molar-refractivity contribution is 7.85. The average Bonchev–Trinajstić information content (AvgIpc) is 1.97. The van der Waals surface area contributed by atoms with Crippen molar-refractivity contribution in [3.63, 3.8) is 0 Å². The van der Waals surface area contributed by atoms with Gasteiger partial charge in [-0.2, -0.15) is 8.78 Å². The van der Waals surface area contributed by atoms with Gasteiger partial charge in [0.15, 0.2) is 0 Å². The molecule has 0 saturated heterocycles. The molecule has 0 aromatic carbocycles. The van der Waals surface area contributed by atoms with Gasteiger partial charge < -0.3 is 0 Å². The summed E-state index contributed by atoms with van der Waals surface area (Å²) in [5.41, 5.74) is 0. The van der Waals surface area contributed by atoms with Gasteiger partial charge in [0, 0.05) is 5.75 Å². The lowest BCUT2D eigenvalue weighted by Gasteiger charge is -1.99. The Morgan fingerprint density at radius 1 is 1.27 bits per heavy atom. The van der Waals surface area contributed by atoms with Gasteiger partial charge in [-0.3, -0.25) is 4.21 Å². The highest BCUT2D eigenvalue weighted by Gasteiger charge is 2.11. The van der Waals surface area contributed by atoms with Crippen LogP contribution in [0.3, 0.4) is 0 Å². The lowest BCUT2D eigenvalue weighted by molar-refractivity contribution is 0.244. The Bertz CT molecular complexity index is 117. The van der Waals surface area contributed by atoms with E-state index in [2.05, 4.69) is 0 Å². The van der Waals surface area contributed by atoms with Crippen molar-refractivity contribution in [3.8, 4) is 0 Å². The summed E-state index contributed by atoms with van der Waals surface area (Å²) in [5.74, 6) is -2.51. The minimum Gasteiger partial charge on any atom is -0.254 e. The molecule has 0 saturated carbocycles. The monoisotopic (exact) mass is 184 g/mol. The summed E-state index contributed by atoms with van der Waals surface area (Å²) in [7, 11) is -1.91. The van der Waals surface area contributed by atoms with Gasteiger partial charge in [-0.15, -0.1) is 0 Å². The standard InChI is InChI=1S/C7H14F2OS/c1-2-3-4-5-6-11(10)7(8)9/h7H,2-6H2,1H3. The maximum absolute atomic E-state index is 11.6. The summed E-state index contributed by atoms with van der Waals surface area (Å²) in [6.07, 6.45) is 3.68. The Labute approximate surface area is 68.6 Å². The highest BCUT2D eigenvalue weighted by Crippen LogP contribution is 2.05. The summed E-state index contributed by atoms with van der Waals surface area (Å²) < 4.78 is 33.7. The highest BCUT2D eigenvalue weighted by atomic mass is 32.2. The second-order valence-electron chi connectivity index (χ2n) is 2.41. The third-order valence-corrected chi connectivity index (χ3v) is 2.49. The number of hydrogen-bond donors (Lipinski definition) is 0. The third-order valence-electron chi connectivity index (χ3n) is 1.40. The summed E-state index contributed by atoms with van der Waals surface area (Å²) in [6, 6.07) is 0. The minimum atomic E-state index is -2.66. The Balaban J connectivity index is 3.18. The smallest absolute Gasteiger partial charge is 0.254 e. The van der Waals surface area contributed by atoms with Crippen LogP contribution in [0.1, 0.15) is 32.6 Å². The van der Waals surface area contributed by atoms with Crippen LogP contribution < -0.4 is 0 Å². The van der Waals surface area contributed by atoms with Crippen molar-refractivity contribution in [3.05, 3.63) is 0 Å². The second-order valence-corrected chi connectivity index (χ2v) is 3.93. The Morgan fingerprint density at radius 3 is 2.36 bits per heavy atom. The predicted molar refractivity (Wildman–Crippen MR) is 43.2 cm³/mol. The predicted octanol–water partition coefficient (Wildman–Crippen LogP) is 2.54. The molecule has 0 aromatic rings. The molecular weight excluding hydrogens is 170 g/mol. The van der Waals surface area contributed by atoms with Crippen molar-refractivity contribution in [2.24, 2.45) is 0 Å². The molecule has 11 heavy (non-hydrogen) atoms. The van der Waals surface area contributed by atoms with E-state index in [0.717, 1.165) is 19.3 Å². The first-order valence-electron chi connectivity index (χ1n) is 3.83. The number of rotatable bonds is 6. The molecular formula is C7H14F2OS. The van der Waals surface area contributed by atoms with Crippen molar-refractivity contribution in [2.45, 2.75) is 38.4 Å². The molecule has 0 fully saturated rings. The fourth-order valence-electron chi connectivity index (χ4n) is 0.760. The normalized spacial score (nSPS) is 13.8. The van der Waals surface area contributed by atoms with Crippen LogP contribution in [-0.2, 0) is 10.8 Å². The topological polar surface area (TPSA) is 17.1 Å². The molecule has 4 heteroatoms. The molecule has 0 aliphatic rings. The molecule has 0 aromatic heterocycles. The van der Waals surface area contributed by atoms with E-state index in [4.69, 9.17) is 0 Å². The van der Waals surface area contributed by atoms with Crippen LogP contribution in [0, 0.1) is 0 Å². The summed E-state index contributed by atoms with van der Waals surface area (Å²) >= 11 is 0. The molecule has 1 atom stereocenters. The van der Waals surface area contributed by atoms with Gasteiger partial charge in [-0.05, 0) is 6.42 Å². The maximum Gasteiger partial charge on any atom is 0.311 e. The van der Waals surface area contributed by atoms with Crippen molar-refractivity contribution < 1.29 is 13.0 Å². The molecule has 0 bridgehead atoms. The zero-order valence-electron chi connectivity index (χ0n) is 6.69. The molecule has 68 valence electrons. The van der Waals surface area contributed by atoms with Gasteiger partial charge in [-0.25, -0.2) is 0 Å². The van der Waals surface area contributed by atoms with E-state index in [1.165, 1.54) is 0 Å². The van der Waals surface area contributed by atoms with Crippen LogP contribution in [-0.4, -0.2) is 15.7 Å². The lowest BCUT2D eigenvalue weighted by atomic mass is 10.2. The average molecular weight is 184 g/mol. The largest absolute Gasteiger partial charge is 0.311 e. The van der Waals surface area contributed by atoms with Crippen LogP contribution in [0.2, 0.25) is 0 Å². The van der Waals surface area contributed by atoms with Crippen molar-refractivity contribution in [1.82, 2.24) is 0 Å². The summed E-state index contributed by atoms with van der Waals surface area (Å²) in [4.78, 5) is 0. The molecule has 0 heterocycles. The van der Waals surface area contributed by atoms with Gasteiger partial charge >= 0.3 is 5.76 Å². The van der Waals surface area contributed by atoms with Gasteiger partial charge in [0.05, 0.1) is 10.8 Å². The Kier molecular flexibility index (Phi) is 6.71. The zero-order valence-corrected chi connectivity index (χ0v) is 7.50. The molecule has 1 nitrogen and oxygen atoms in total. The lowest BCUT2D eigenvalue weighted by Crippen LogP contribution is -2.06. The molecule has 0 spiro atoms. The zero-order chi connectivity index (χ0) is 8.69. The quantitative estimate of drug-likeness (QED) is 0.580. The fraction of sp³-hybridized carbons (Fsp3) is 1.00. The van der Waals surface area contributed by atoms with Crippen LogP contribution >= 0.6 is 0 Å². The Hall–Kier alpha value is 0.01000. The number of unbranched alkanes of at least 4 members (excludes halogenated alkanes) is 3. The van der Waals surface area contributed by atoms with Gasteiger partial charge in [0.1, 0.15) is 0 Å². The van der Waals surface area contributed by atoms with Crippen molar-refractivity contribution >= 4 is 10.8 Å². The Morgan fingerprint density at radius 2 is 1.91 bits per heavy atom. The molecule has 0 rings (SSSR count). The van der Waals surface area contributed by atoms with Gasteiger partial charge in [-0.1, -0.05) is 26.2 Å². The van der Waals surface area contributed by atoms with Crippen molar-refractivity contribution in [1.29, 1.82) is 0 Å². The van der Waals surface area contributed by atoms with E-state index in [1.807, 2.05) is 6.92 Å². The van der Waals surface area contributed by atoms with E-state index in [0.29, 0.717) is 6.42 Å². The first-order chi connectivity index (χ1) is 5.18. The minimum absolute atomic E-state index is 0.150. The molecule has 0 aliphatic heterocycles. The first-order valence-corrected chi connectivity index (χ1v) is 5.22. The van der Waals surface area contributed by atoms with E-state index >= 15 is 0 Å². The van der Waals surface area contributed by atoms with E-state index in [9.17, 15) is 13.0 Å². The third kappa shape index (κ3) is 6.41. The SMILES string of the molecule is CCCCCCS(=O)C(F)F. The molecule has 1 unspecified atom stereocenters. The first kappa shape index (κ1) is 11.0. The van der Waals surface area contributed by atoms with E-state index < -0.39 is 16.6 Å². The summed E-state index contributed by atoms with van der Waals surface area (Å²) in [6.45, 7) is 2.05. The van der Waals surface area contributed by atoms with Crippen molar-refractivity contribution in [2.75, 3.05) is 5.75 Å². The molecule has 0 amide bonds. The van der Waals surface area contributed by atoms with Gasteiger partial charge in [0.25, 0.3) is 0 Å². The van der Waals surface area contributed by atoms with E-state index in [-0.39, 0.29) is 5.75 Å². The van der Waals surface area contributed by atoms with Crippen LogP contribution in [0.15, 0.2) is 0 Å². The number of halogens is 2. The van der Waals surface area contributed by atoms with Crippen LogP contribution in [0.4, 0.5) is 8.78 Å². The van der Waals surface area contributed by atoms with Crippen LogP contribution in [0.25, 0.3) is 0 Å².